The van der Waals surface area contributed by atoms with Gasteiger partial charge in [0.05, 0.1) is 0 Å². The summed E-state index contributed by atoms with van der Waals surface area (Å²) in [5.74, 6) is 0.701. The second-order valence-corrected chi connectivity index (χ2v) is 11.7. The Hall–Kier alpha value is -0.443. The number of ether oxygens (including phenoxy) is 1. The monoisotopic (exact) mass is 258 g/mol. The van der Waals surface area contributed by atoms with Gasteiger partial charge < -0.3 is 9.16 Å². The first kappa shape index (κ1) is 16.6. The number of hydrogen-bond acceptors (Lipinski definition) is 2. The molecule has 0 N–H and O–H groups in total. The Morgan fingerprint density at radius 2 is 1.53 bits per heavy atom. The minimum Gasteiger partial charge on any atom is -0.519 e. The van der Waals surface area contributed by atoms with Crippen molar-refractivity contribution in [3.05, 3.63) is 12.0 Å². The van der Waals surface area contributed by atoms with Gasteiger partial charge in [-0.05, 0) is 51.4 Å². The van der Waals surface area contributed by atoms with Gasteiger partial charge in [0.1, 0.15) is 5.60 Å². The molecule has 0 amide bonds. The number of hydrogen-bond donors (Lipinski definition) is 0. The summed E-state index contributed by atoms with van der Waals surface area (Å²) in [4.78, 5) is 0. The van der Waals surface area contributed by atoms with Crippen LogP contribution in [-0.2, 0) is 9.16 Å². The molecule has 17 heavy (non-hydrogen) atoms. The second-order valence-electron chi connectivity index (χ2n) is 7.01. The summed E-state index contributed by atoms with van der Waals surface area (Å²) < 4.78 is 12.1. The quantitative estimate of drug-likeness (QED) is 0.517. The summed E-state index contributed by atoms with van der Waals surface area (Å²) in [7, 11) is -1.80. The molecular weight excluding hydrogens is 228 g/mol. The fourth-order valence-corrected chi connectivity index (χ4v) is 1.91. The first-order valence-corrected chi connectivity index (χ1v) is 9.38. The summed E-state index contributed by atoms with van der Waals surface area (Å²) in [6, 6.07) is 0. The molecule has 0 unspecified atom stereocenters. The topological polar surface area (TPSA) is 18.5 Å². The maximum atomic E-state index is 6.20. The van der Waals surface area contributed by atoms with Crippen LogP contribution in [0.25, 0.3) is 0 Å². The average Bonchev–Trinajstić information content (AvgIpc) is 1.97. The third-order valence-electron chi connectivity index (χ3n) is 2.94. The zero-order chi connectivity index (χ0) is 13.9. The smallest absolute Gasteiger partial charge is 0.261 e. The van der Waals surface area contributed by atoms with E-state index < -0.39 is 8.32 Å². The van der Waals surface area contributed by atoms with E-state index in [0.717, 1.165) is 6.42 Å². The highest BCUT2D eigenvalue weighted by Gasteiger charge is 2.40. The molecule has 0 fully saturated rings. The van der Waals surface area contributed by atoms with Gasteiger partial charge in [0, 0.05) is 0 Å². The van der Waals surface area contributed by atoms with Crippen molar-refractivity contribution in [2.24, 2.45) is 0 Å². The van der Waals surface area contributed by atoms with Crippen LogP contribution in [0.2, 0.25) is 18.1 Å². The van der Waals surface area contributed by atoms with Crippen molar-refractivity contribution in [1.29, 1.82) is 0 Å². The van der Waals surface area contributed by atoms with Crippen LogP contribution in [0.5, 0.6) is 0 Å². The minimum atomic E-state index is -1.80. The van der Waals surface area contributed by atoms with E-state index in [1.165, 1.54) is 0 Å². The summed E-state index contributed by atoms with van der Waals surface area (Å²) in [6.07, 6.45) is 2.96. The van der Waals surface area contributed by atoms with Crippen molar-refractivity contribution in [3.63, 3.8) is 0 Å². The molecule has 0 saturated heterocycles. The van der Waals surface area contributed by atoms with Crippen LogP contribution < -0.4 is 0 Å². The molecule has 0 aliphatic rings. The van der Waals surface area contributed by atoms with E-state index in [4.69, 9.17) is 9.16 Å². The SMILES string of the molecule is CC/C=C(/OC(C)(C)C)O[Si](C)(C)C(C)(C)C. The van der Waals surface area contributed by atoms with Gasteiger partial charge in [-0.25, -0.2) is 0 Å². The zero-order valence-electron chi connectivity index (χ0n) is 13.1. The standard InChI is InChI=1S/C14H30O2Si/c1-10-11-12(15-13(2,3)4)16-17(8,9)14(5,6)7/h11H,10H2,1-9H3/b12-11-. The Morgan fingerprint density at radius 1 is 1.06 bits per heavy atom. The molecule has 0 atom stereocenters. The molecule has 0 heterocycles. The van der Waals surface area contributed by atoms with Crippen LogP contribution >= 0.6 is 0 Å². The lowest BCUT2D eigenvalue weighted by atomic mass is 10.2. The predicted molar refractivity (Wildman–Crippen MR) is 77.5 cm³/mol. The lowest BCUT2D eigenvalue weighted by Crippen LogP contribution is -2.41. The highest BCUT2D eigenvalue weighted by molar-refractivity contribution is 6.74. The molecular formula is C14H30O2Si. The highest BCUT2D eigenvalue weighted by Crippen LogP contribution is 2.38. The zero-order valence-corrected chi connectivity index (χ0v) is 14.1. The van der Waals surface area contributed by atoms with Crippen LogP contribution in [0.15, 0.2) is 12.0 Å². The molecule has 0 aromatic carbocycles. The number of allylic oxidation sites excluding steroid dienone is 1. The van der Waals surface area contributed by atoms with Crippen molar-refractivity contribution < 1.29 is 9.16 Å². The van der Waals surface area contributed by atoms with Gasteiger partial charge in [-0.3, -0.25) is 0 Å². The van der Waals surface area contributed by atoms with Gasteiger partial charge in [-0.2, -0.15) is 0 Å². The largest absolute Gasteiger partial charge is 0.519 e. The van der Waals surface area contributed by atoms with E-state index in [2.05, 4.69) is 40.8 Å². The normalized spacial score (nSPS) is 14.8. The predicted octanol–water partition coefficient (Wildman–Crippen LogP) is 5.07. The Bertz CT molecular complexity index is 267. The highest BCUT2D eigenvalue weighted by atomic mass is 28.4. The summed E-state index contributed by atoms with van der Waals surface area (Å²) in [6.45, 7) is 19.4. The van der Waals surface area contributed by atoms with Crippen molar-refractivity contribution in [1.82, 2.24) is 0 Å². The Kier molecular flexibility index (Phi) is 5.32. The van der Waals surface area contributed by atoms with Crippen LogP contribution in [0.3, 0.4) is 0 Å². The summed E-state index contributed by atoms with van der Waals surface area (Å²) in [5, 5.41) is 0.196. The van der Waals surface area contributed by atoms with Gasteiger partial charge in [0.25, 0.3) is 14.3 Å². The third kappa shape index (κ3) is 6.15. The van der Waals surface area contributed by atoms with E-state index in [-0.39, 0.29) is 10.6 Å². The second kappa shape index (κ2) is 5.47. The first-order valence-electron chi connectivity index (χ1n) is 6.47. The molecule has 0 radical (unpaired) electrons. The van der Waals surface area contributed by atoms with Crippen molar-refractivity contribution >= 4 is 8.32 Å². The molecule has 0 bridgehead atoms. The van der Waals surface area contributed by atoms with E-state index in [0.29, 0.717) is 5.95 Å². The maximum Gasteiger partial charge on any atom is 0.261 e. The summed E-state index contributed by atoms with van der Waals surface area (Å²) in [5.41, 5.74) is -0.205. The first-order chi connectivity index (χ1) is 7.39. The molecule has 0 spiro atoms. The van der Waals surface area contributed by atoms with Gasteiger partial charge in [0.15, 0.2) is 0 Å². The van der Waals surface area contributed by atoms with Crippen LogP contribution in [0.4, 0.5) is 0 Å². The Morgan fingerprint density at radius 3 is 1.82 bits per heavy atom. The van der Waals surface area contributed by atoms with Crippen LogP contribution in [0, 0.1) is 0 Å². The molecule has 3 heteroatoms. The van der Waals surface area contributed by atoms with Gasteiger partial charge in [-0.15, -0.1) is 0 Å². The Balaban J connectivity index is 4.85. The third-order valence-corrected chi connectivity index (χ3v) is 7.26. The van der Waals surface area contributed by atoms with Gasteiger partial charge in [-0.1, -0.05) is 27.7 Å². The van der Waals surface area contributed by atoms with Crippen molar-refractivity contribution in [2.75, 3.05) is 0 Å². The average molecular weight is 258 g/mol. The fraction of sp³-hybridized carbons (Fsp3) is 0.857. The molecule has 2 nitrogen and oxygen atoms in total. The lowest BCUT2D eigenvalue weighted by Gasteiger charge is -2.38. The van der Waals surface area contributed by atoms with Gasteiger partial charge in [0.2, 0.25) is 0 Å². The molecule has 0 aromatic rings. The Labute approximate surface area is 109 Å². The minimum absolute atomic E-state index is 0.196. The van der Waals surface area contributed by atoms with E-state index >= 15 is 0 Å². The van der Waals surface area contributed by atoms with Gasteiger partial charge >= 0.3 is 0 Å². The number of rotatable bonds is 4. The molecule has 102 valence electrons. The summed E-state index contributed by atoms with van der Waals surface area (Å²) >= 11 is 0. The van der Waals surface area contributed by atoms with E-state index in [1.54, 1.807) is 0 Å². The molecule has 0 rings (SSSR count). The van der Waals surface area contributed by atoms with Crippen molar-refractivity contribution in [3.8, 4) is 0 Å². The molecule has 0 aromatic heterocycles. The molecule has 0 aliphatic carbocycles. The molecule has 0 saturated carbocycles. The van der Waals surface area contributed by atoms with Crippen LogP contribution in [-0.4, -0.2) is 13.9 Å². The van der Waals surface area contributed by atoms with E-state index in [1.807, 2.05) is 26.8 Å². The van der Waals surface area contributed by atoms with Crippen molar-refractivity contribution in [2.45, 2.75) is 78.6 Å². The van der Waals surface area contributed by atoms with Crippen LogP contribution in [0.1, 0.15) is 54.9 Å². The fourth-order valence-electron chi connectivity index (χ4n) is 0.977. The lowest BCUT2D eigenvalue weighted by molar-refractivity contribution is -0.0108. The molecule has 0 aliphatic heterocycles. The van der Waals surface area contributed by atoms with E-state index in [9.17, 15) is 0 Å². The maximum absolute atomic E-state index is 6.20.